The lowest BCUT2D eigenvalue weighted by Crippen LogP contribution is -1.88. The molecule has 0 radical (unpaired) electrons. The zero-order valence-electron chi connectivity index (χ0n) is 8.52. The highest BCUT2D eigenvalue weighted by Crippen LogP contribution is 2.22. The molecule has 2 nitrogen and oxygen atoms in total. The lowest BCUT2D eigenvalue weighted by molar-refractivity contribution is 1.24. The van der Waals surface area contributed by atoms with Crippen LogP contribution in [0.3, 0.4) is 0 Å². The number of hydrogen-bond donors (Lipinski definition) is 0. The van der Waals surface area contributed by atoms with Gasteiger partial charge < -0.3 is 0 Å². The number of halogens is 1. The van der Waals surface area contributed by atoms with Crippen molar-refractivity contribution in [1.29, 1.82) is 0 Å². The molecule has 0 saturated carbocycles. The smallest absolute Gasteiger partial charge is 0.0799 e. The van der Waals surface area contributed by atoms with Gasteiger partial charge in [0.05, 0.1) is 16.7 Å². The van der Waals surface area contributed by atoms with E-state index in [0.717, 1.165) is 32.8 Å². The molecule has 1 aromatic carbocycles. The van der Waals surface area contributed by atoms with Crippen molar-refractivity contribution in [2.24, 2.45) is 0 Å². The fourth-order valence-corrected chi connectivity index (χ4v) is 2.17. The second kappa shape index (κ2) is 3.83. The highest BCUT2D eigenvalue weighted by molar-refractivity contribution is 9.08. The summed E-state index contributed by atoms with van der Waals surface area (Å²) < 4.78 is 0. The van der Waals surface area contributed by atoms with Gasteiger partial charge in [-0.3, -0.25) is 9.97 Å². The van der Waals surface area contributed by atoms with E-state index in [9.17, 15) is 0 Å². The number of pyridine rings is 2. The molecule has 3 rings (SSSR count). The molecule has 0 fully saturated rings. The lowest BCUT2D eigenvalue weighted by Gasteiger charge is -2.03. The Morgan fingerprint density at radius 2 is 1.94 bits per heavy atom. The molecule has 0 aliphatic rings. The minimum Gasteiger partial charge on any atom is -0.256 e. The Labute approximate surface area is 101 Å². The maximum atomic E-state index is 4.63. The monoisotopic (exact) mass is 272 g/mol. The molecule has 0 saturated heterocycles. The average molecular weight is 273 g/mol. The van der Waals surface area contributed by atoms with Crippen LogP contribution in [0, 0.1) is 0 Å². The fourth-order valence-electron chi connectivity index (χ4n) is 1.85. The van der Waals surface area contributed by atoms with Gasteiger partial charge in [-0.15, -0.1) is 0 Å². The van der Waals surface area contributed by atoms with Crippen LogP contribution in [0.4, 0.5) is 0 Å². The van der Waals surface area contributed by atoms with Crippen LogP contribution in [-0.2, 0) is 5.33 Å². The van der Waals surface area contributed by atoms with Gasteiger partial charge in [0.25, 0.3) is 0 Å². The highest BCUT2D eigenvalue weighted by atomic mass is 79.9. The van der Waals surface area contributed by atoms with Crippen molar-refractivity contribution < 1.29 is 0 Å². The third kappa shape index (κ3) is 1.48. The first-order valence-electron chi connectivity index (χ1n) is 5.08. The molecule has 2 aromatic heterocycles. The van der Waals surface area contributed by atoms with Gasteiger partial charge in [-0.1, -0.05) is 28.1 Å². The molecule has 2 heterocycles. The summed E-state index contributed by atoms with van der Waals surface area (Å²) in [6.45, 7) is 0. The van der Waals surface area contributed by atoms with Crippen molar-refractivity contribution in [1.82, 2.24) is 9.97 Å². The number of nitrogens with zero attached hydrogens (tertiary/aromatic N) is 2. The van der Waals surface area contributed by atoms with Crippen molar-refractivity contribution in [2.45, 2.75) is 5.33 Å². The molecule has 3 aromatic rings. The van der Waals surface area contributed by atoms with Crippen LogP contribution in [0.1, 0.15) is 5.69 Å². The molecular formula is C13H9BrN2. The van der Waals surface area contributed by atoms with E-state index in [4.69, 9.17) is 0 Å². The van der Waals surface area contributed by atoms with E-state index in [1.165, 1.54) is 0 Å². The van der Waals surface area contributed by atoms with Crippen LogP contribution in [0.15, 0.2) is 42.6 Å². The topological polar surface area (TPSA) is 25.8 Å². The van der Waals surface area contributed by atoms with E-state index in [-0.39, 0.29) is 0 Å². The SMILES string of the molecule is BrCc1ccc2ccc3ncccc3c2n1. The fraction of sp³-hybridized carbons (Fsp3) is 0.0769. The summed E-state index contributed by atoms with van der Waals surface area (Å²) in [4.78, 5) is 8.97. The predicted molar refractivity (Wildman–Crippen MR) is 69.7 cm³/mol. The summed E-state index contributed by atoms with van der Waals surface area (Å²) in [5.41, 5.74) is 3.07. The summed E-state index contributed by atoms with van der Waals surface area (Å²) in [5, 5.41) is 3.05. The second-order valence-electron chi connectivity index (χ2n) is 3.64. The Morgan fingerprint density at radius 3 is 2.81 bits per heavy atom. The summed E-state index contributed by atoms with van der Waals surface area (Å²) in [6, 6.07) is 12.3. The van der Waals surface area contributed by atoms with E-state index in [0.29, 0.717) is 0 Å². The molecule has 0 spiro atoms. The van der Waals surface area contributed by atoms with Crippen molar-refractivity contribution in [3.05, 3.63) is 48.3 Å². The number of fused-ring (bicyclic) bond motifs is 3. The third-order valence-electron chi connectivity index (χ3n) is 2.64. The number of rotatable bonds is 1. The summed E-state index contributed by atoms with van der Waals surface area (Å²) in [7, 11) is 0. The van der Waals surface area contributed by atoms with Crippen LogP contribution >= 0.6 is 15.9 Å². The average Bonchev–Trinajstić information content (AvgIpc) is 2.38. The molecule has 0 amide bonds. The molecule has 78 valence electrons. The van der Waals surface area contributed by atoms with Gasteiger partial charge in [0.2, 0.25) is 0 Å². The quantitative estimate of drug-likeness (QED) is 0.499. The number of benzene rings is 1. The van der Waals surface area contributed by atoms with Gasteiger partial charge >= 0.3 is 0 Å². The van der Waals surface area contributed by atoms with Gasteiger partial charge in [0.1, 0.15) is 0 Å². The van der Waals surface area contributed by atoms with Crippen LogP contribution in [0.2, 0.25) is 0 Å². The minimum absolute atomic E-state index is 0.777. The van der Waals surface area contributed by atoms with Gasteiger partial charge in [-0.2, -0.15) is 0 Å². The number of aromatic nitrogens is 2. The first-order valence-corrected chi connectivity index (χ1v) is 6.20. The maximum Gasteiger partial charge on any atom is 0.0799 e. The van der Waals surface area contributed by atoms with Crippen LogP contribution < -0.4 is 0 Å². The van der Waals surface area contributed by atoms with Gasteiger partial charge in [-0.25, -0.2) is 0 Å². The molecule has 16 heavy (non-hydrogen) atoms. The Morgan fingerprint density at radius 1 is 1.06 bits per heavy atom. The molecule has 0 atom stereocenters. The van der Waals surface area contributed by atoms with Crippen LogP contribution in [0.5, 0.6) is 0 Å². The van der Waals surface area contributed by atoms with E-state index < -0.39 is 0 Å². The zero-order chi connectivity index (χ0) is 11.0. The van der Waals surface area contributed by atoms with E-state index in [1.807, 2.05) is 24.4 Å². The molecule has 0 unspecified atom stereocenters. The first-order chi connectivity index (χ1) is 7.88. The van der Waals surface area contributed by atoms with E-state index >= 15 is 0 Å². The highest BCUT2D eigenvalue weighted by Gasteiger charge is 2.02. The summed E-state index contributed by atoms with van der Waals surface area (Å²) in [6.07, 6.45) is 1.81. The summed E-state index contributed by atoms with van der Waals surface area (Å²) in [5.74, 6) is 0. The van der Waals surface area contributed by atoms with Gasteiger partial charge in [0, 0.05) is 22.3 Å². The third-order valence-corrected chi connectivity index (χ3v) is 3.21. The first kappa shape index (κ1) is 9.73. The van der Waals surface area contributed by atoms with Crippen LogP contribution in [0.25, 0.3) is 21.8 Å². The minimum atomic E-state index is 0.777. The maximum absolute atomic E-state index is 4.63. The standard InChI is InChI=1S/C13H9BrN2/c14-8-10-5-3-9-4-6-12-11(13(9)16-10)2-1-7-15-12/h1-7H,8H2. The molecule has 3 heteroatoms. The second-order valence-corrected chi connectivity index (χ2v) is 4.20. The van der Waals surface area contributed by atoms with E-state index in [1.54, 1.807) is 0 Å². The summed E-state index contributed by atoms with van der Waals surface area (Å²) >= 11 is 3.43. The van der Waals surface area contributed by atoms with Crippen molar-refractivity contribution in [2.75, 3.05) is 0 Å². The molecule has 0 N–H and O–H groups in total. The van der Waals surface area contributed by atoms with Crippen molar-refractivity contribution >= 4 is 37.7 Å². The van der Waals surface area contributed by atoms with Gasteiger partial charge in [0.15, 0.2) is 0 Å². The predicted octanol–water partition coefficient (Wildman–Crippen LogP) is 3.68. The largest absolute Gasteiger partial charge is 0.256 e. The number of hydrogen-bond acceptors (Lipinski definition) is 2. The molecule has 0 aliphatic heterocycles. The Kier molecular flexibility index (Phi) is 2.33. The molecule has 0 bridgehead atoms. The number of alkyl halides is 1. The van der Waals surface area contributed by atoms with Crippen LogP contribution in [-0.4, -0.2) is 9.97 Å². The van der Waals surface area contributed by atoms with Gasteiger partial charge in [-0.05, 0) is 24.3 Å². The Bertz CT molecular complexity index is 664. The molecule has 0 aliphatic carbocycles. The van der Waals surface area contributed by atoms with E-state index in [2.05, 4.69) is 44.1 Å². The Balaban J connectivity index is 2.47. The normalized spacial score (nSPS) is 11.1. The van der Waals surface area contributed by atoms with Crippen molar-refractivity contribution in [3.63, 3.8) is 0 Å². The lowest BCUT2D eigenvalue weighted by atomic mass is 10.1. The molecular weight excluding hydrogens is 264 g/mol. The zero-order valence-corrected chi connectivity index (χ0v) is 10.1. The van der Waals surface area contributed by atoms with Crippen molar-refractivity contribution in [3.8, 4) is 0 Å². The Hall–Kier alpha value is -1.48.